The number of carbonyl (C=O) groups is 3. The summed E-state index contributed by atoms with van der Waals surface area (Å²) in [5.74, 6) is -0.178. The Bertz CT molecular complexity index is 1060. The molecule has 0 spiro atoms. The summed E-state index contributed by atoms with van der Waals surface area (Å²) in [4.78, 5) is 46.1. The van der Waals surface area contributed by atoms with Crippen molar-refractivity contribution >= 4 is 29.4 Å². The van der Waals surface area contributed by atoms with Crippen LogP contribution in [0.2, 0.25) is 0 Å². The SMILES string of the molecule is CC(C)(C)OC(=O)N[C@H](C(=O)N1c2ncccc2C[C@H]1C(=O)Nc1ccccc1)C1CCCCC1. The molecule has 0 radical (unpaired) electrons. The number of hydrogen-bond donors (Lipinski definition) is 2. The first kappa shape index (κ1) is 24.7. The maximum atomic E-state index is 14.1. The number of amides is 3. The molecule has 1 aromatic carbocycles. The van der Waals surface area contributed by atoms with E-state index >= 15 is 0 Å². The van der Waals surface area contributed by atoms with Gasteiger partial charge in [-0.05, 0) is 63.3 Å². The highest BCUT2D eigenvalue weighted by atomic mass is 16.6. The topological polar surface area (TPSA) is 101 Å². The Labute approximate surface area is 206 Å². The standard InChI is InChI=1S/C27H34N4O4/c1-27(2,3)35-26(34)30-22(18-11-6-4-7-12-18)25(33)31-21(17-19-13-10-16-28-23(19)31)24(32)29-20-14-8-5-9-15-20/h5,8-10,13-16,18,21-22H,4,6-7,11-12,17H2,1-3H3,(H,29,32)(H,30,34)/t21-,22-/m0/s1. The summed E-state index contributed by atoms with van der Waals surface area (Å²) in [6.07, 6.45) is 6.11. The lowest BCUT2D eigenvalue weighted by Crippen LogP contribution is -2.57. The molecule has 2 heterocycles. The number of nitrogens with zero attached hydrogens (tertiary/aromatic N) is 2. The molecule has 186 valence electrons. The minimum Gasteiger partial charge on any atom is -0.444 e. The monoisotopic (exact) mass is 478 g/mol. The lowest BCUT2D eigenvalue weighted by molar-refractivity contribution is -0.125. The zero-order valence-corrected chi connectivity index (χ0v) is 20.6. The molecule has 3 amide bonds. The Morgan fingerprint density at radius 1 is 1.03 bits per heavy atom. The number of ether oxygens (including phenoxy) is 1. The highest BCUT2D eigenvalue weighted by Crippen LogP contribution is 2.34. The Morgan fingerprint density at radius 2 is 1.74 bits per heavy atom. The zero-order valence-electron chi connectivity index (χ0n) is 20.6. The second-order valence-corrected chi connectivity index (χ2v) is 10.3. The Kier molecular flexibility index (Phi) is 7.38. The molecule has 1 fully saturated rings. The average molecular weight is 479 g/mol. The molecule has 1 aliphatic heterocycles. The number of aromatic nitrogens is 1. The van der Waals surface area contributed by atoms with Crippen molar-refractivity contribution < 1.29 is 19.1 Å². The fourth-order valence-electron chi connectivity index (χ4n) is 4.90. The maximum Gasteiger partial charge on any atom is 0.408 e. The van der Waals surface area contributed by atoms with Crippen LogP contribution in [0.3, 0.4) is 0 Å². The maximum absolute atomic E-state index is 14.1. The minimum atomic E-state index is -0.801. The summed E-state index contributed by atoms with van der Waals surface area (Å²) < 4.78 is 5.48. The lowest BCUT2D eigenvalue weighted by Gasteiger charge is -2.34. The van der Waals surface area contributed by atoms with Crippen molar-refractivity contribution in [1.82, 2.24) is 10.3 Å². The van der Waals surface area contributed by atoms with E-state index in [1.165, 1.54) is 4.90 Å². The van der Waals surface area contributed by atoms with Gasteiger partial charge in [0.25, 0.3) is 5.91 Å². The number of benzene rings is 1. The molecule has 2 aliphatic rings. The van der Waals surface area contributed by atoms with E-state index in [2.05, 4.69) is 15.6 Å². The summed E-state index contributed by atoms with van der Waals surface area (Å²) >= 11 is 0. The van der Waals surface area contributed by atoms with Crippen molar-refractivity contribution in [3.8, 4) is 0 Å². The second kappa shape index (κ2) is 10.5. The van der Waals surface area contributed by atoms with Crippen LogP contribution in [0, 0.1) is 5.92 Å². The van der Waals surface area contributed by atoms with E-state index in [-0.39, 0.29) is 17.7 Å². The molecule has 1 aliphatic carbocycles. The van der Waals surface area contributed by atoms with Crippen LogP contribution >= 0.6 is 0 Å². The number of fused-ring (bicyclic) bond motifs is 1. The van der Waals surface area contributed by atoms with Gasteiger partial charge in [-0.3, -0.25) is 14.5 Å². The second-order valence-electron chi connectivity index (χ2n) is 10.3. The number of pyridine rings is 1. The smallest absolute Gasteiger partial charge is 0.408 e. The van der Waals surface area contributed by atoms with Crippen LogP contribution in [0.25, 0.3) is 0 Å². The molecule has 8 nitrogen and oxygen atoms in total. The fourth-order valence-corrected chi connectivity index (χ4v) is 4.90. The number of hydrogen-bond acceptors (Lipinski definition) is 5. The first-order chi connectivity index (χ1) is 16.7. The zero-order chi connectivity index (χ0) is 25.0. The number of nitrogens with one attached hydrogen (secondary N) is 2. The van der Waals surface area contributed by atoms with Crippen molar-refractivity contribution in [1.29, 1.82) is 0 Å². The molecule has 2 N–H and O–H groups in total. The van der Waals surface area contributed by atoms with Crippen molar-refractivity contribution in [2.75, 3.05) is 10.2 Å². The molecular weight excluding hydrogens is 444 g/mol. The van der Waals surface area contributed by atoms with Crippen LogP contribution < -0.4 is 15.5 Å². The van der Waals surface area contributed by atoms with E-state index in [1.54, 1.807) is 45.2 Å². The third kappa shape index (κ3) is 5.99. The van der Waals surface area contributed by atoms with Crippen LogP contribution in [0.15, 0.2) is 48.7 Å². The molecule has 0 saturated heterocycles. The van der Waals surface area contributed by atoms with Gasteiger partial charge in [-0.1, -0.05) is 43.5 Å². The Hall–Kier alpha value is -3.42. The van der Waals surface area contributed by atoms with Crippen molar-refractivity contribution in [2.45, 2.75) is 77.0 Å². The molecule has 4 rings (SSSR count). The van der Waals surface area contributed by atoms with Gasteiger partial charge >= 0.3 is 6.09 Å². The molecule has 0 unspecified atom stereocenters. The molecule has 2 atom stereocenters. The average Bonchev–Trinajstić information content (AvgIpc) is 3.22. The fraction of sp³-hybridized carbons (Fsp3) is 0.481. The number of rotatable bonds is 5. The third-order valence-electron chi connectivity index (χ3n) is 6.46. The number of carbonyl (C=O) groups excluding carboxylic acids is 3. The predicted molar refractivity (Wildman–Crippen MR) is 134 cm³/mol. The molecule has 8 heteroatoms. The van der Waals surface area contributed by atoms with Gasteiger partial charge in [0.2, 0.25) is 5.91 Å². The Balaban J connectivity index is 1.63. The molecule has 1 saturated carbocycles. The van der Waals surface area contributed by atoms with Gasteiger partial charge in [0.1, 0.15) is 23.5 Å². The van der Waals surface area contributed by atoms with Gasteiger partial charge in [0.15, 0.2) is 0 Å². The van der Waals surface area contributed by atoms with Gasteiger partial charge in [-0.25, -0.2) is 9.78 Å². The summed E-state index contributed by atoms with van der Waals surface area (Å²) in [6.45, 7) is 5.36. The van der Waals surface area contributed by atoms with Crippen LogP contribution in [-0.4, -0.2) is 40.6 Å². The van der Waals surface area contributed by atoms with E-state index in [0.717, 1.165) is 37.7 Å². The third-order valence-corrected chi connectivity index (χ3v) is 6.46. The predicted octanol–water partition coefficient (Wildman–Crippen LogP) is 4.45. The van der Waals surface area contributed by atoms with E-state index in [0.29, 0.717) is 17.9 Å². The summed E-state index contributed by atoms with van der Waals surface area (Å²) in [6, 6.07) is 11.3. The van der Waals surface area contributed by atoms with E-state index in [9.17, 15) is 14.4 Å². The summed E-state index contributed by atoms with van der Waals surface area (Å²) in [5, 5.41) is 5.77. The highest BCUT2D eigenvalue weighted by molar-refractivity contribution is 6.08. The molecule has 1 aromatic heterocycles. The minimum absolute atomic E-state index is 0.0330. The molecular formula is C27H34N4O4. The van der Waals surface area contributed by atoms with E-state index in [1.807, 2.05) is 24.3 Å². The first-order valence-electron chi connectivity index (χ1n) is 12.4. The summed E-state index contributed by atoms with van der Waals surface area (Å²) in [5.41, 5.74) is 0.794. The normalized spacial score (nSPS) is 18.9. The van der Waals surface area contributed by atoms with Gasteiger partial charge in [0.05, 0.1) is 0 Å². The van der Waals surface area contributed by atoms with Gasteiger partial charge < -0.3 is 15.4 Å². The Morgan fingerprint density at radius 3 is 2.43 bits per heavy atom. The van der Waals surface area contributed by atoms with E-state index < -0.39 is 23.8 Å². The highest BCUT2D eigenvalue weighted by Gasteiger charge is 2.44. The van der Waals surface area contributed by atoms with Crippen molar-refractivity contribution in [2.24, 2.45) is 5.92 Å². The first-order valence-corrected chi connectivity index (χ1v) is 12.4. The molecule has 2 aromatic rings. The van der Waals surface area contributed by atoms with E-state index in [4.69, 9.17) is 4.74 Å². The molecule has 0 bridgehead atoms. The van der Waals surface area contributed by atoms with Crippen LogP contribution in [-0.2, 0) is 20.7 Å². The summed E-state index contributed by atoms with van der Waals surface area (Å²) in [7, 11) is 0. The van der Waals surface area contributed by atoms with Gasteiger partial charge in [0, 0.05) is 18.3 Å². The van der Waals surface area contributed by atoms with Crippen LogP contribution in [0.5, 0.6) is 0 Å². The molecule has 35 heavy (non-hydrogen) atoms. The van der Waals surface area contributed by atoms with Crippen molar-refractivity contribution in [3.63, 3.8) is 0 Å². The number of alkyl carbamates (subject to hydrolysis) is 1. The largest absolute Gasteiger partial charge is 0.444 e. The number of para-hydroxylation sites is 1. The number of anilines is 2. The van der Waals surface area contributed by atoms with Crippen LogP contribution in [0.4, 0.5) is 16.3 Å². The lowest BCUT2D eigenvalue weighted by atomic mass is 9.83. The quantitative estimate of drug-likeness (QED) is 0.661. The van der Waals surface area contributed by atoms with Gasteiger partial charge in [-0.2, -0.15) is 0 Å². The van der Waals surface area contributed by atoms with Crippen molar-refractivity contribution in [3.05, 3.63) is 54.2 Å². The van der Waals surface area contributed by atoms with Crippen LogP contribution in [0.1, 0.15) is 58.4 Å². The van der Waals surface area contributed by atoms with Gasteiger partial charge in [-0.15, -0.1) is 0 Å².